The molecule has 2 aliphatic heterocycles. The lowest BCUT2D eigenvalue weighted by molar-refractivity contribution is -0.358. The van der Waals surface area contributed by atoms with Gasteiger partial charge < -0.3 is 49.6 Å². The predicted octanol–water partition coefficient (Wildman–Crippen LogP) is -2.15. The van der Waals surface area contributed by atoms with E-state index in [1.54, 1.807) is 6.92 Å². The maximum absolute atomic E-state index is 10.6. The second kappa shape index (κ2) is 9.75. The molecule has 10 atom stereocenters. The van der Waals surface area contributed by atoms with Crippen LogP contribution in [0, 0.1) is 0 Å². The molecule has 0 spiro atoms. The molecule has 10 unspecified atom stereocenters. The van der Waals surface area contributed by atoms with Crippen LogP contribution in [0.15, 0.2) is 30.3 Å². The van der Waals surface area contributed by atoms with E-state index >= 15 is 0 Å². The Balaban J connectivity index is 1.68. The maximum Gasteiger partial charge on any atom is 0.187 e. The van der Waals surface area contributed by atoms with Crippen LogP contribution in [-0.2, 0) is 25.6 Å². The number of ether oxygens (including phenoxy) is 4. The van der Waals surface area contributed by atoms with Gasteiger partial charge in [-0.25, -0.2) is 0 Å². The highest BCUT2D eigenvalue weighted by molar-refractivity contribution is 5.13. The molecule has 0 radical (unpaired) electrons. The Morgan fingerprint density at radius 2 is 1.52 bits per heavy atom. The smallest absolute Gasteiger partial charge is 0.187 e. The van der Waals surface area contributed by atoms with Crippen molar-refractivity contribution in [2.45, 2.75) is 74.9 Å². The molecule has 164 valence electrons. The molecule has 0 amide bonds. The lowest BCUT2D eigenvalue weighted by atomic mass is 9.97. The number of rotatable bonds is 6. The lowest BCUT2D eigenvalue weighted by Crippen LogP contribution is -2.64. The van der Waals surface area contributed by atoms with Gasteiger partial charge in [0.25, 0.3) is 0 Å². The minimum atomic E-state index is -1.66. The van der Waals surface area contributed by atoms with Gasteiger partial charge in [-0.2, -0.15) is 0 Å². The van der Waals surface area contributed by atoms with Crippen LogP contribution in [0.3, 0.4) is 0 Å². The Morgan fingerprint density at radius 3 is 2.17 bits per heavy atom. The summed E-state index contributed by atoms with van der Waals surface area (Å²) < 4.78 is 22.0. The molecule has 10 nitrogen and oxygen atoms in total. The highest BCUT2D eigenvalue weighted by atomic mass is 16.7. The molecule has 0 aliphatic carbocycles. The Hall–Kier alpha value is -1.18. The summed E-state index contributed by atoms with van der Waals surface area (Å²) in [6, 6.07) is 9.23. The topological polar surface area (TPSA) is 158 Å². The Bertz CT molecular complexity index is 629. The van der Waals surface area contributed by atoms with Crippen molar-refractivity contribution in [3.63, 3.8) is 0 Å². The standard InChI is InChI=1S/C19H28O10/c1-9-12(21)17(29-19-15(24)14(23)13(22)11(7-20)28-19)16(25)18(27-9)26-8-10-5-3-2-4-6-10/h2-6,9,11-25H,7-8H2,1H3. The average molecular weight is 416 g/mol. The van der Waals surface area contributed by atoms with Gasteiger partial charge in [0.1, 0.15) is 42.7 Å². The quantitative estimate of drug-likeness (QED) is 0.302. The summed E-state index contributed by atoms with van der Waals surface area (Å²) in [7, 11) is 0. The van der Waals surface area contributed by atoms with E-state index in [2.05, 4.69) is 0 Å². The van der Waals surface area contributed by atoms with E-state index in [1.165, 1.54) is 0 Å². The highest BCUT2D eigenvalue weighted by Gasteiger charge is 2.50. The van der Waals surface area contributed by atoms with Gasteiger partial charge in [-0.3, -0.25) is 0 Å². The largest absolute Gasteiger partial charge is 0.394 e. The summed E-state index contributed by atoms with van der Waals surface area (Å²) >= 11 is 0. The molecule has 0 aromatic heterocycles. The normalized spacial score (nSPS) is 43.3. The molecule has 2 heterocycles. The molecule has 29 heavy (non-hydrogen) atoms. The fourth-order valence-corrected chi connectivity index (χ4v) is 3.38. The zero-order valence-electron chi connectivity index (χ0n) is 15.9. The molecule has 0 bridgehead atoms. The average Bonchev–Trinajstić information content (AvgIpc) is 2.73. The molecule has 2 fully saturated rings. The van der Waals surface area contributed by atoms with Crippen molar-refractivity contribution in [2.24, 2.45) is 0 Å². The first kappa shape index (κ1) is 22.5. The molecule has 0 saturated carbocycles. The van der Waals surface area contributed by atoms with E-state index in [9.17, 15) is 30.6 Å². The second-order valence-electron chi connectivity index (χ2n) is 7.29. The summed E-state index contributed by atoms with van der Waals surface area (Å²) in [4.78, 5) is 0. The van der Waals surface area contributed by atoms with Crippen LogP contribution < -0.4 is 0 Å². The minimum absolute atomic E-state index is 0.151. The van der Waals surface area contributed by atoms with Crippen LogP contribution in [0.2, 0.25) is 0 Å². The Kier molecular flexibility index (Phi) is 7.57. The van der Waals surface area contributed by atoms with Gasteiger partial charge in [0.05, 0.1) is 19.3 Å². The van der Waals surface area contributed by atoms with Gasteiger partial charge in [0.2, 0.25) is 0 Å². The van der Waals surface area contributed by atoms with E-state index in [0.717, 1.165) is 5.56 Å². The number of benzene rings is 1. The van der Waals surface area contributed by atoms with Gasteiger partial charge in [-0.15, -0.1) is 0 Å². The van der Waals surface area contributed by atoms with E-state index < -0.39 is 68.0 Å². The van der Waals surface area contributed by atoms with E-state index in [1.807, 2.05) is 30.3 Å². The third-order valence-electron chi connectivity index (χ3n) is 5.18. The molecule has 6 N–H and O–H groups in total. The zero-order chi connectivity index (χ0) is 21.1. The minimum Gasteiger partial charge on any atom is -0.394 e. The van der Waals surface area contributed by atoms with Crippen molar-refractivity contribution in [3.8, 4) is 0 Å². The molecule has 10 heteroatoms. The number of hydrogen-bond acceptors (Lipinski definition) is 10. The third kappa shape index (κ3) is 4.94. The first-order valence-corrected chi connectivity index (χ1v) is 9.46. The fraction of sp³-hybridized carbons (Fsp3) is 0.684. The molecule has 1 aromatic rings. The molecule has 3 rings (SSSR count). The lowest BCUT2D eigenvalue weighted by Gasteiger charge is -2.45. The molecule has 2 saturated heterocycles. The van der Waals surface area contributed by atoms with Crippen LogP contribution >= 0.6 is 0 Å². The fourth-order valence-electron chi connectivity index (χ4n) is 3.38. The molecular weight excluding hydrogens is 388 g/mol. The van der Waals surface area contributed by atoms with Crippen molar-refractivity contribution in [1.29, 1.82) is 0 Å². The van der Waals surface area contributed by atoms with Gasteiger partial charge in [-0.1, -0.05) is 30.3 Å². The predicted molar refractivity (Wildman–Crippen MR) is 96.2 cm³/mol. The van der Waals surface area contributed by atoms with Crippen molar-refractivity contribution in [2.75, 3.05) is 6.61 Å². The second-order valence-corrected chi connectivity index (χ2v) is 7.29. The molecule has 2 aliphatic rings. The monoisotopic (exact) mass is 416 g/mol. The van der Waals surface area contributed by atoms with Crippen molar-refractivity contribution in [1.82, 2.24) is 0 Å². The van der Waals surface area contributed by atoms with Crippen LogP contribution in [0.25, 0.3) is 0 Å². The zero-order valence-corrected chi connectivity index (χ0v) is 15.9. The van der Waals surface area contributed by atoms with Gasteiger partial charge in [-0.05, 0) is 12.5 Å². The van der Waals surface area contributed by atoms with Crippen molar-refractivity contribution < 1.29 is 49.6 Å². The number of hydrogen-bond donors (Lipinski definition) is 6. The first-order valence-electron chi connectivity index (χ1n) is 9.46. The van der Waals surface area contributed by atoms with E-state index in [0.29, 0.717) is 0 Å². The van der Waals surface area contributed by atoms with Gasteiger partial charge >= 0.3 is 0 Å². The van der Waals surface area contributed by atoms with Crippen LogP contribution in [0.1, 0.15) is 12.5 Å². The summed E-state index contributed by atoms with van der Waals surface area (Å²) in [6.45, 7) is 1.10. The van der Waals surface area contributed by atoms with Crippen molar-refractivity contribution in [3.05, 3.63) is 35.9 Å². The summed E-state index contributed by atoms with van der Waals surface area (Å²) in [5.74, 6) is 0. The maximum atomic E-state index is 10.6. The summed E-state index contributed by atoms with van der Waals surface area (Å²) in [5.41, 5.74) is 0.855. The van der Waals surface area contributed by atoms with Crippen LogP contribution in [0.5, 0.6) is 0 Å². The van der Waals surface area contributed by atoms with E-state index in [-0.39, 0.29) is 6.61 Å². The summed E-state index contributed by atoms with van der Waals surface area (Å²) in [5, 5.41) is 60.2. The Labute approximate surface area is 167 Å². The van der Waals surface area contributed by atoms with Gasteiger partial charge in [0, 0.05) is 0 Å². The first-order chi connectivity index (χ1) is 13.8. The van der Waals surface area contributed by atoms with Crippen LogP contribution in [0.4, 0.5) is 0 Å². The SMILES string of the molecule is CC1OC(OCc2ccccc2)C(O)C(OC2OC(CO)C(O)C(O)C2O)C1O. The highest BCUT2D eigenvalue weighted by Crippen LogP contribution is 2.29. The van der Waals surface area contributed by atoms with Crippen molar-refractivity contribution >= 4 is 0 Å². The summed E-state index contributed by atoms with van der Waals surface area (Å²) in [6.07, 6.45) is -13.4. The third-order valence-corrected chi connectivity index (χ3v) is 5.18. The molecule has 1 aromatic carbocycles. The number of aliphatic hydroxyl groups is 6. The van der Waals surface area contributed by atoms with E-state index in [4.69, 9.17) is 18.9 Å². The molecular formula is C19H28O10. The number of aliphatic hydroxyl groups excluding tert-OH is 6. The van der Waals surface area contributed by atoms with Gasteiger partial charge in [0.15, 0.2) is 12.6 Å². The van der Waals surface area contributed by atoms with Crippen LogP contribution in [-0.4, -0.2) is 98.7 Å². The Morgan fingerprint density at radius 1 is 0.828 bits per heavy atom.